The van der Waals surface area contributed by atoms with Crippen LogP contribution in [0.15, 0.2) is 54.6 Å². The topological polar surface area (TPSA) is 66.9 Å². The molecule has 3 rings (SSSR count). The van der Waals surface area contributed by atoms with Crippen molar-refractivity contribution in [1.29, 1.82) is 0 Å². The molecule has 27 heavy (non-hydrogen) atoms. The monoisotopic (exact) mass is 380 g/mol. The lowest BCUT2D eigenvalue weighted by atomic mass is 10.1. The minimum Gasteiger partial charge on any atom is -0.350 e. The van der Waals surface area contributed by atoms with Gasteiger partial charge in [-0.1, -0.05) is 41.4 Å². The van der Waals surface area contributed by atoms with Gasteiger partial charge in [0.15, 0.2) is 0 Å². The van der Waals surface area contributed by atoms with Crippen LogP contribution in [0.1, 0.15) is 27.4 Å². The Labute approximate surface area is 163 Å². The minimum atomic E-state index is -0.227. The summed E-state index contributed by atoms with van der Waals surface area (Å²) < 4.78 is 0. The molecule has 2 aromatic carbocycles. The van der Waals surface area contributed by atoms with Gasteiger partial charge in [0, 0.05) is 23.3 Å². The fourth-order valence-corrected chi connectivity index (χ4v) is 2.85. The van der Waals surface area contributed by atoms with Crippen LogP contribution in [0.4, 0.5) is 11.5 Å². The van der Waals surface area contributed by atoms with Crippen LogP contribution in [0, 0.1) is 13.8 Å². The Morgan fingerprint density at radius 3 is 2.56 bits per heavy atom. The molecule has 0 bridgehead atoms. The average molecular weight is 381 g/mol. The van der Waals surface area contributed by atoms with Crippen molar-refractivity contribution in [3.63, 3.8) is 0 Å². The maximum atomic E-state index is 12.4. The van der Waals surface area contributed by atoms with Crippen molar-refractivity contribution in [2.45, 2.75) is 20.3 Å². The van der Waals surface area contributed by atoms with E-state index in [4.69, 9.17) is 11.6 Å². The number of carbonyl (C=O) groups excluding carboxylic acids is 1. The zero-order valence-corrected chi connectivity index (χ0v) is 16.0. The van der Waals surface area contributed by atoms with Crippen LogP contribution in [0.2, 0.25) is 5.02 Å². The Morgan fingerprint density at radius 2 is 1.81 bits per heavy atom. The van der Waals surface area contributed by atoms with E-state index in [1.807, 2.05) is 55.5 Å². The van der Waals surface area contributed by atoms with Crippen LogP contribution in [-0.4, -0.2) is 22.4 Å². The zero-order chi connectivity index (χ0) is 19.2. The van der Waals surface area contributed by atoms with Gasteiger partial charge in [-0.3, -0.25) is 4.79 Å². The van der Waals surface area contributed by atoms with Gasteiger partial charge >= 0.3 is 0 Å². The molecule has 0 aliphatic rings. The summed E-state index contributed by atoms with van der Waals surface area (Å²) in [5.41, 5.74) is 3.50. The fourth-order valence-electron chi connectivity index (χ4n) is 2.64. The quantitative estimate of drug-likeness (QED) is 0.662. The number of amides is 1. The second kappa shape index (κ2) is 8.64. The van der Waals surface area contributed by atoms with E-state index in [0.717, 1.165) is 11.3 Å². The number of aromatic nitrogens is 2. The highest BCUT2D eigenvalue weighted by Crippen LogP contribution is 2.16. The van der Waals surface area contributed by atoms with E-state index in [9.17, 15) is 4.79 Å². The van der Waals surface area contributed by atoms with Crippen molar-refractivity contribution in [2.75, 3.05) is 11.9 Å². The van der Waals surface area contributed by atoms with Gasteiger partial charge in [-0.05, 0) is 50.1 Å². The third-order valence-corrected chi connectivity index (χ3v) is 4.22. The van der Waals surface area contributed by atoms with Crippen molar-refractivity contribution in [1.82, 2.24) is 15.3 Å². The summed E-state index contributed by atoms with van der Waals surface area (Å²) >= 11 is 5.98. The lowest BCUT2D eigenvalue weighted by Crippen LogP contribution is -2.27. The van der Waals surface area contributed by atoms with Gasteiger partial charge in [0.1, 0.15) is 17.3 Å². The molecule has 0 fully saturated rings. The smallest absolute Gasteiger partial charge is 0.270 e. The summed E-state index contributed by atoms with van der Waals surface area (Å²) in [7, 11) is 0. The molecular weight excluding hydrogens is 360 g/mol. The summed E-state index contributed by atoms with van der Waals surface area (Å²) in [5.74, 6) is 0.896. The second-order valence-corrected chi connectivity index (χ2v) is 6.75. The summed E-state index contributed by atoms with van der Waals surface area (Å²) in [5, 5.41) is 6.79. The van der Waals surface area contributed by atoms with E-state index < -0.39 is 0 Å². The van der Waals surface area contributed by atoms with Crippen molar-refractivity contribution in [3.05, 3.63) is 82.3 Å². The third-order valence-electron chi connectivity index (χ3n) is 3.98. The van der Waals surface area contributed by atoms with Crippen LogP contribution in [0.5, 0.6) is 0 Å². The predicted molar refractivity (Wildman–Crippen MR) is 109 cm³/mol. The number of nitrogens with one attached hydrogen (secondary N) is 2. The molecule has 0 saturated heterocycles. The second-order valence-electron chi connectivity index (χ2n) is 6.31. The van der Waals surface area contributed by atoms with Crippen molar-refractivity contribution < 1.29 is 4.79 Å². The molecule has 0 atom stereocenters. The Bertz CT molecular complexity index is 941. The Morgan fingerprint density at radius 1 is 1.04 bits per heavy atom. The molecule has 1 amide bonds. The molecule has 0 aliphatic carbocycles. The van der Waals surface area contributed by atoms with Crippen LogP contribution >= 0.6 is 11.6 Å². The molecule has 138 valence electrons. The standard InChI is InChI=1S/C21H21ClN4O/c1-14-6-8-18(9-7-14)26-20-13-19(24-15(2)25-20)21(27)23-11-10-16-4-3-5-17(22)12-16/h3-9,12-13H,10-11H2,1-2H3,(H,23,27)(H,24,25,26). The van der Waals surface area contributed by atoms with Gasteiger partial charge in [-0.25, -0.2) is 9.97 Å². The molecule has 5 nitrogen and oxygen atoms in total. The van der Waals surface area contributed by atoms with Gasteiger partial charge in [-0.15, -0.1) is 0 Å². The van der Waals surface area contributed by atoms with Gasteiger partial charge in [0.2, 0.25) is 0 Å². The molecule has 0 spiro atoms. The molecule has 1 aromatic heterocycles. The number of hydrogen-bond acceptors (Lipinski definition) is 4. The highest BCUT2D eigenvalue weighted by Gasteiger charge is 2.10. The molecule has 3 aromatic rings. The summed E-state index contributed by atoms with van der Waals surface area (Å²) in [6, 6.07) is 17.2. The Balaban J connectivity index is 1.64. The zero-order valence-electron chi connectivity index (χ0n) is 15.3. The molecule has 2 N–H and O–H groups in total. The maximum Gasteiger partial charge on any atom is 0.270 e. The first-order valence-electron chi connectivity index (χ1n) is 8.71. The number of hydrogen-bond donors (Lipinski definition) is 2. The first-order chi connectivity index (χ1) is 13.0. The van der Waals surface area contributed by atoms with Gasteiger partial charge in [0.25, 0.3) is 5.91 Å². The number of anilines is 2. The molecule has 1 heterocycles. The van der Waals surface area contributed by atoms with E-state index in [-0.39, 0.29) is 5.91 Å². The van der Waals surface area contributed by atoms with Crippen molar-refractivity contribution >= 4 is 29.0 Å². The number of aryl methyl sites for hydroxylation is 2. The summed E-state index contributed by atoms with van der Waals surface area (Å²) in [6.07, 6.45) is 0.699. The molecule has 0 unspecified atom stereocenters. The first-order valence-corrected chi connectivity index (χ1v) is 9.09. The highest BCUT2D eigenvalue weighted by atomic mass is 35.5. The van der Waals surface area contributed by atoms with E-state index in [1.54, 1.807) is 13.0 Å². The van der Waals surface area contributed by atoms with Crippen LogP contribution in [-0.2, 0) is 6.42 Å². The SMILES string of the molecule is Cc1ccc(Nc2cc(C(=O)NCCc3cccc(Cl)c3)nc(C)n2)cc1. The molecule has 0 aliphatic heterocycles. The van der Waals surface area contributed by atoms with E-state index >= 15 is 0 Å². The maximum absolute atomic E-state index is 12.4. The van der Waals surface area contributed by atoms with Gasteiger partial charge in [-0.2, -0.15) is 0 Å². The first kappa shape index (κ1) is 18.9. The molecular formula is C21H21ClN4O. The number of nitrogens with zero attached hydrogens (tertiary/aromatic N) is 2. The Hall–Kier alpha value is -2.92. The van der Waals surface area contributed by atoms with Crippen LogP contribution in [0.3, 0.4) is 0 Å². The van der Waals surface area contributed by atoms with Crippen LogP contribution < -0.4 is 10.6 Å². The molecule has 0 radical (unpaired) electrons. The average Bonchev–Trinajstić information content (AvgIpc) is 2.63. The largest absolute Gasteiger partial charge is 0.350 e. The van der Waals surface area contributed by atoms with Crippen molar-refractivity contribution in [3.8, 4) is 0 Å². The van der Waals surface area contributed by atoms with Crippen LogP contribution in [0.25, 0.3) is 0 Å². The summed E-state index contributed by atoms with van der Waals surface area (Å²) in [6.45, 7) is 4.30. The predicted octanol–water partition coefficient (Wildman–Crippen LogP) is 4.46. The van der Waals surface area contributed by atoms with E-state index in [1.165, 1.54) is 5.56 Å². The highest BCUT2D eigenvalue weighted by molar-refractivity contribution is 6.30. The fraction of sp³-hybridized carbons (Fsp3) is 0.190. The van der Waals surface area contributed by atoms with Gasteiger partial charge in [0.05, 0.1) is 0 Å². The molecule has 0 saturated carbocycles. The third kappa shape index (κ3) is 5.53. The van der Waals surface area contributed by atoms with E-state index in [2.05, 4.69) is 20.6 Å². The number of carbonyl (C=O) groups is 1. The number of benzene rings is 2. The number of rotatable bonds is 6. The normalized spacial score (nSPS) is 10.5. The minimum absolute atomic E-state index is 0.227. The Kier molecular flexibility index (Phi) is 6.04. The van der Waals surface area contributed by atoms with Crippen molar-refractivity contribution in [2.24, 2.45) is 0 Å². The van der Waals surface area contributed by atoms with E-state index in [0.29, 0.717) is 35.3 Å². The summed E-state index contributed by atoms with van der Waals surface area (Å²) in [4.78, 5) is 21.0. The molecule has 6 heteroatoms. The lowest BCUT2D eigenvalue weighted by molar-refractivity contribution is 0.0949. The number of halogens is 1. The lowest BCUT2D eigenvalue weighted by Gasteiger charge is -2.09. The van der Waals surface area contributed by atoms with Gasteiger partial charge < -0.3 is 10.6 Å².